The van der Waals surface area contributed by atoms with Crippen LogP contribution in [0.25, 0.3) is 0 Å². The molecule has 1 aliphatic heterocycles. The minimum atomic E-state index is -2.16. The number of nitriles is 1. The standard InChI is InChI=1S/C5H11N3OS/c6-5-8-10(9)3-1-7-2-4-10/h7,10H,1-4H2,(H,8,9). The number of thiol groups is 1. The fraction of sp³-hybridized carbons (Fsp3) is 0.800. The predicted molar refractivity (Wildman–Crippen MR) is 42.0 cm³/mol. The summed E-state index contributed by atoms with van der Waals surface area (Å²) in [6.07, 6.45) is 1.67. The number of rotatable bonds is 0. The Kier molecular flexibility index (Phi) is 2.38. The van der Waals surface area contributed by atoms with Gasteiger partial charge in [0.05, 0.1) is 0 Å². The van der Waals surface area contributed by atoms with E-state index in [2.05, 4.69) is 9.68 Å². The molecule has 5 heteroatoms. The van der Waals surface area contributed by atoms with Crippen molar-refractivity contribution in [2.24, 2.45) is 4.36 Å². The van der Waals surface area contributed by atoms with Crippen LogP contribution in [0.3, 0.4) is 0 Å². The van der Waals surface area contributed by atoms with Crippen molar-refractivity contribution in [1.82, 2.24) is 5.32 Å². The second-order valence-electron chi connectivity index (χ2n) is 2.28. The molecule has 1 aliphatic rings. The van der Waals surface area contributed by atoms with Gasteiger partial charge in [0.2, 0.25) is 6.19 Å². The van der Waals surface area contributed by atoms with E-state index in [1.807, 2.05) is 0 Å². The van der Waals surface area contributed by atoms with Crippen LogP contribution in [0, 0.1) is 11.5 Å². The summed E-state index contributed by atoms with van der Waals surface area (Å²) in [5.74, 6) is 1.31. The molecule has 2 N–H and O–H groups in total. The topological polar surface area (TPSA) is 68.4 Å². The first-order valence-corrected chi connectivity index (χ1v) is 5.25. The summed E-state index contributed by atoms with van der Waals surface area (Å²) in [5, 5.41) is 11.3. The first kappa shape index (κ1) is 7.66. The molecule has 1 heterocycles. The molecule has 4 nitrogen and oxygen atoms in total. The Hall–Kier alpha value is -0.440. The van der Waals surface area contributed by atoms with Crippen LogP contribution in [0.4, 0.5) is 0 Å². The summed E-state index contributed by atoms with van der Waals surface area (Å²) in [5.41, 5.74) is 0. The van der Waals surface area contributed by atoms with Crippen molar-refractivity contribution < 1.29 is 4.55 Å². The van der Waals surface area contributed by atoms with E-state index in [0.717, 1.165) is 13.1 Å². The van der Waals surface area contributed by atoms with Crippen molar-refractivity contribution >= 4 is 10.1 Å². The van der Waals surface area contributed by atoms with Gasteiger partial charge >= 0.3 is 0 Å². The molecule has 0 aliphatic carbocycles. The molecule has 0 aromatic heterocycles. The van der Waals surface area contributed by atoms with Gasteiger partial charge in [-0.25, -0.2) is 0 Å². The Morgan fingerprint density at radius 1 is 1.50 bits per heavy atom. The molecule has 1 fully saturated rings. The van der Waals surface area contributed by atoms with Crippen LogP contribution >= 0.6 is 0 Å². The van der Waals surface area contributed by atoms with E-state index in [9.17, 15) is 4.55 Å². The SMILES string of the molecule is N#CN=[SH]1(O)CCNCC1. The van der Waals surface area contributed by atoms with Crippen LogP contribution in [-0.2, 0) is 10.1 Å². The highest BCUT2D eigenvalue weighted by Gasteiger charge is 2.12. The summed E-state index contributed by atoms with van der Waals surface area (Å²) < 4.78 is 13.1. The smallest absolute Gasteiger partial charge is 0.212 e. The summed E-state index contributed by atoms with van der Waals surface area (Å²) in [6.45, 7) is 1.57. The molecular formula is C5H11N3OS. The van der Waals surface area contributed by atoms with Crippen molar-refractivity contribution in [3.05, 3.63) is 0 Å². The van der Waals surface area contributed by atoms with Crippen molar-refractivity contribution in [3.8, 4) is 6.19 Å². The number of hydrogen-bond acceptors (Lipinski definition) is 3. The lowest BCUT2D eigenvalue weighted by Gasteiger charge is -2.26. The summed E-state index contributed by atoms with van der Waals surface area (Å²) in [7, 11) is -2.16. The average molecular weight is 161 g/mol. The Balaban J connectivity index is 2.68. The van der Waals surface area contributed by atoms with Crippen LogP contribution in [0.15, 0.2) is 4.36 Å². The Morgan fingerprint density at radius 2 is 2.10 bits per heavy atom. The van der Waals surface area contributed by atoms with E-state index in [4.69, 9.17) is 5.26 Å². The minimum absolute atomic E-state index is 0.653. The van der Waals surface area contributed by atoms with Crippen LogP contribution < -0.4 is 5.32 Å². The van der Waals surface area contributed by atoms with Crippen LogP contribution in [0.5, 0.6) is 0 Å². The highest BCUT2D eigenvalue weighted by Crippen LogP contribution is 2.05. The van der Waals surface area contributed by atoms with Gasteiger partial charge in [0, 0.05) is 24.6 Å². The molecule has 1 saturated heterocycles. The quantitative estimate of drug-likeness (QED) is 0.335. The van der Waals surface area contributed by atoms with Gasteiger partial charge in [-0.1, -0.05) is 10.1 Å². The van der Waals surface area contributed by atoms with E-state index in [1.165, 1.54) is 0 Å². The number of hydrogen-bond donors (Lipinski definition) is 3. The van der Waals surface area contributed by atoms with Crippen molar-refractivity contribution in [3.63, 3.8) is 0 Å². The molecule has 58 valence electrons. The monoisotopic (exact) mass is 161 g/mol. The van der Waals surface area contributed by atoms with E-state index >= 15 is 0 Å². The molecule has 0 aromatic carbocycles. The maximum Gasteiger partial charge on any atom is 0.212 e. The molecule has 0 atom stereocenters. The molecule has 0 radical (unpaired) electrons. The Morgan fingerprint density at radius 3 is 2.60 bits per heavy atom. The van der Waals surface area contributed by atoms with Gasteiger partial charge in [-0.15, -0.1) is 4.36 Å². The molecule has 10 heavy (non-hydrogen) atoms. The van der Waals surface area contributed by atoms with Gasteiger partial charge < -0.3 is 9.87 Å². The molecule has 0 unspecified atom stereocenters. The molecule has 0 spiro atoms. The number of nitrogens with one attached hydrogen (secondary N) is 1. The zero-order valence-electron chi connectivity index (χ0n) is 5.62. The van der Waals surface area contributed by atoms with E-state index in [1.54, 1.807) is 6.19 Å². The summed E-state index contributed by atoms with van der Waals surface area (Å²) in [4.78, 5) is 0. The van der Waals surface area contributed by atoms with Crippen LogP contribution in [0.2, 0.25) is 0 Å². The molecule has 0 aromatic rings. The number of nitrogens with zero attached hydrogens (tertiary/aromatic N) is 2. The lowest BCUT2D eigenvalue weighted by Crippen LogP contribution is -2.39. The zero-order chi connectivity index (χ0) is 7.45. The van der Waals surface area contributed by atoms with E-state index in [-0.39, 0.29) is 0 Å². The van der Waals surface area contributed by atoms with E-state index in [0.29, 0.717) is 11.5 Å². The van der Waals surface area contributed by atoms with E-state index < -0.39 is 10.1 Å². The highest BCUT2D eigenvalue weighted by molar-refractivity contribution is 8.00. The third kappa shape index (κ3) is 1.77. The van der Waals surface area contributed by atoms with Crippen molar-refractivity contribution in [1.29, 1.82) is 5.26 Å². The van der Waals surface area contributed by atoms with Gasteiger partial charge in [-0.05, 0) is 0 Å². The van der Waals surface area contributed by atoms with Crippen LogP contribution in [-0.4, -0.2) is 29.1 Å². The molecule has 1 rings (SSSR count). The molecule has 0 bridgehead atoms. The van der Waals surface area contributed by atoms with Crippen molar-refractivity contribution in [2.75, 3.05) is 24.6 Å². The molecule has 0 amide bonds. The molecule has 0 saturated carbocycles. The van der Waals surface area contributed by atoms with Gasteiger partial charge in [-0.3, -0.25) is 0 Å². The maximum atomic E-state index is 9.55. The van der Waals surface area contributed by atoms with Gasteiger partial charge in [0.15, 0.2) is 0 Å². The van der Waals surface area contributed by atoms with Gasteiger partial charge in [0.25, 0.3) is 0 Å². The first-order chi connectivity index (χ1) is 4.77. The third-order valence-electron chi connectivity index (χ3n) is 1.52. The normalized spacial score (nSPS) is 26.4. The second-order valence-corrected chi connectivity index (χ2v) is 5.13. The van der Waals surface area contributed by atoms with Crippen molar-refractivity contribution in [2.45, 2.75) is 0 Å². The Bertz CT molecular complexity index is 197. The largest absolute Gasteiger partial charge is 0.343 e. The third-order valence-corrected chi connectivity index (χ3v) is 3.87. The average Bonchev–Trinajstić information content (AvgIpc) is 1.89. The maximum absolute atomic E-state index is 9.55. The highest BCUT2D eigenvalue weighted by atomic mass is 32.3. The summed E-state index contributed by atoms with van der Waals surface area (Å²) >= 11 is 0. The lowest BCUT2D eigenvalue weighted by molar-refractivity contribution is 0.601. The molecular weight excluding hydrogens is 150 g/mol. The zero-order valence-corrected chi connectivity index (χ0v) is 6.51. The van der Waals surface area contributed by atoms with Gasteiger partial charge in [-0.2, -0.15) is 5.26 Å². The van der Waals surface area contributed by atoms with Crippen LogP contribution in [0.1, 0.15) is 0 Å². The predicted octanol–water partition coefficient (Wildman–Crippen LogP) is -0.386. The summed E-state index contributed by atoms with van der Waals surface area (Å²) in [6, 6.07) is 0. The minimum Gasteiger partial charge on any atom is -0.343 e. The lowest BCUT2D eigenvalue weighted by atomic mass is 10.6. The second kappa shape index (κ2) is 3.10. The Labute approximate surface area is 61.1 Å². The fourth-order valence-corrected chi connectivity index (χ4v) is 2.56. The fourth-order valence-electron chi connectivity index (χ4n) is 0.936. The van der Waals surface area contributed by atoms with Gasteiger partial charge in [0.1, 0.15) is 0 Å². The first-order valence-electron chi connectivity index (χ1n) is 3.19.